The highest BCUT2D eigenvalue weighted by atomic mass is 16.1. The molecule has 126 valence electrons. The highest BCUT2D eigenvalue weighted by Crippen LogP contribution is 2.39. The second-order valence-electron chi connectivity index (χ2n) is 8.61. The van der Waals surface area contributed by atoms with E-state index in [0.29, 0.717) is 23.4 Å². The molecule has 0 saturated heterocycles. The Morgan fingerprint density at radius 1 is 0.864 bits per heavy atom. The summed E-state index contributed by atoms with van der Waals surface area (Å²) in [4.78, 5) is 24.7. The summed E-state index contributed by atoms with van der Waals surface area (Å²) in [5.41, 5.74) is 0. The van der Waals surface area contributed by atoms with Crippen LogP contribution in [0.5, 0.6) is 0 Å². The van der Waals surface area contributed by atoms with Gasteiger partial charge in [0.15, 0.2) is 0 Å². The summed E-state index contributed by atoms with van der Waals surface area (Å²) in [6, 6.07) is 0. The highest BCUT2D eigenvalue weighted by molar-refractivity contribution is 5.84. The van der Waals surface area contributed by atoms with Crippen LogP contribution in [0.1, 0.15) is 79.1 Å². The van der Waals surface area contributed by atoms with Crippen molar-refractivity contribution in [2.45, 2.75) is 79.1 Å². The normalized spacial score (nSPS) is 32.1. The van der Waals surface area contributed by atoms with Crippen molar-refractivity contribution < 1.29 is 9.59 Å². The van der Waals surface area contributed by atoms with Crippen molar-refractivity contribution in [2.75, 3.05) is 0 Å². The fraction of sp³-hybridized carbons (Fsp3) is 0.900. The van der Waals surface area contributed by atoms with Gasteiger partial charge in [0, 0.05) is 24.2 Å². The molecule has 0 N–H and O–H groups in total. The minimum absolute atomic E-state index is 0.145. The van der Waals surface area contributed by atoms with Gasteiger partial charge in [0.05, 0.1) is 0 Å². The number of rotatable bonds is 7. The van der Waals surface area contributed by atoms with E-state index < -0.39 is 0 Å². The first kappa shape index (κ1) is 17.7. The maximum Gasteiger partial charge on any atom is 0.138 e. The number of hydrogen-bond acceptors (Lipinski definition) is 2. The van der Waals surface area contributed by atoms with Crippen LogP contribution in [0.2, 0.25) is 0 Å². The van der Waals surface area contributed by atoms with E-state index in [-0.39, 0.29) is 11.8 Å². The molecule has 2 nitrogen and oxygen atoms in total. The van der Waals surface area contributed by atoms with Crippen LogP contribution in [0.25, 0.3) is 0 Å². The maximum absolute atomic E-state index is 12.6. The largest absolute Gasteiger partial charge is 0.299 e. The summed E-state index contributed by atoms with van der Waals surface area (Å²) in [5.74, 6) is 3.60. The first-order chi connectivity index (χ1) is 10.4. The smallest absolute Gasteiger partial charge is 0.138 e. The molecule has 2 fully saturated rings. The molecule has 2 saturated carbocycles. The monoisotopic (exact) mass is 306 g/mol. The van der Waals surface area contributed by atoms with Crippen molar-refractivity contribution in [3.05, 3.63) is 0 Å². The van der Waals surface area contributed by atoms with Crippen molar-refractivity contribution >= 4 is 11.6 Å². The fourth-order valence-corrected chi connectivity index (χ4v) is 4.69. The zero-order valence-corrected chi connectivity index (χ0v) is 14.9. The van der Waals surface area contributed by atoms with Gasteiger partial charge in [-0.25, -0.2) is 0 Å². The van der Waals surface area contributed by atoms with Gasteiger partial charge in [-0.05, 0) is 62.7 Å². The van der Waals surface area contributed by atoms with E-state index in [2.05, 4.69) is 13.8 Å². The molecular weight excluding hydrogens is 272 g/mol. The second kappa shape index (κ2) is 7.75. The van der Waals surface area contributed by atoms with Crippen molar-refractivity contribution in [3.8, 4) is 0 Å². The first-order valence-electron chi connectivity index (χ1n) is 9.43. The summed E-state index contributed by atoms with van der Waals surface area (Å²) in [5, 5.41) is 0. The molecule has 4 atom stereocenters. The van der Waals surface area contributed by atoms with Crippen LogP contribution in [0, 0.1) is 35.5 Å². The SMILES string of the molecule is CC(C)CC1CCC(C(=O)CC2CCC(C(=O)C(C)C)C2)C1. The Bertz CT molecular complexity index is 397. The van der Waals surface area contributed by atoms with Crippen molar-refractivity contribution in [1.82, 2.24) is 0 Å². The summed E-state index contributed by atoms with van der Waals surface area (Å²) >= 11 is 0. The Kier molecular flexibility index (Phi) is 6.23. The third-order valence-electron chi connectivity index (χ3n) is 5.80. The number of Topliss-reactive ketones (excluding diaryl/α,β-unsaturated/α-hetero) is 2. The molecule has 0 heterocycles. The first-order valence-corrected chi connectivity index (χ1v) is 9.43. The van der Waals surface area contributed by atoms with Crippen LogP contribution in [0.4, 0.5) is 0 Å². The van der Waals surface area contributed by atoms with E-state index >= 15 is 0 Å². The van der Waals surface area contributed by atoms with Crippen LogP contribution in [0.15, 0.2) is 0 Å². The third-order valence-corrected chi connectivity index (χ3v) is 5.80. The molecule has 0 aromatic rings. The summed E-state index contributed by atoms with van der Waals surface area (Å²) in [6.45, 7) is 8.54. The maximum atomic E-state index is 12.6. The summed E-state index contributed by atoms with van der Waals surface area (Å²) in [7, 11) is 0. The van der Waals surface area contributed by atoms with Gasteiger partial charge in [-0.2, -0.15) is 0 Å². The number of hydrogen-bond donors (Lipinski definition) is 0. The molecule has 2 aliphatic carbocycles. The molecule has 0 bridgehead atoms. The molecule has 0 aliphatic heterocycles. The standard InChI is InChI=1S/C20H34O2/c1-13(2)9-15-5-7-17(10-15)19(21)12-16-6-8-18(11-16)20(22)14(3)4/h13-18H,5-12H2,1-4H3. The molecule has 2 rings (SSSR count). The lowest BCUT2D eigenvalue weighted by molar-refractivity contribution is -0.126. The molecule has 0 radical (unpaired) electrons. The van der Waals surface area contributed by atoms with Gasteiger partial charge in [-0.15, -0.1) is 0 Å². The van der Waals surface area contributed by atoms with Gasteiger partial charge in [-0.3, -0.25) is 9.59 Å². The molecular formula is C20H34O2. The molecule has 2 heteroatoms. The molecule has 4 unspecified atom stereocenters. The van der Waals surface area contributed by atoms with Crippen LogP contribution >= 0.6 is 0 Å². The van der Waals surface area contributed by atoms with Gasteiger partial charge < -0.3 is 0 Å². The van der Waals surface area contributed by atoms with E-state index in [0.717, 1.165) is 50.4 Å². The average Bonchev–Trinajstić information content (AvgIpc) is 3.06. The minimum atomic E-state index is 0.145. The van der Waals surface area contributed by atoms with Gasteiger partial charge in [0.1, 0.15) is 11.6 Å². The zero-order chi connectivity index (χ0) is 16.3. The average molecular weight is 306 g/mol. The molecule has 0 aromatic carbocycles. The Morgan fingerprint density at radius 2 is 1.45 bits per heavy atom. The van der Waals surface area contributed by atoms with E-state index in [1.54, 1.807) is 0 Å². The van der Waals surface area contributed by atoms with E-state index in [1.807, 2.05) is 13.8 Å². The lowest BCUT2D eigenvalue weighted by Gasteiger charge is -2.15. The third kappa shape index (κ3) is 4.67. The Hall–Kier alpha value is -0.660. The minimum Gasteiger partial charge on any atom is -0.299 e. The molecule has 22 heavy (non-hydrogen) atoms. The van der Waals surface area contributed by atoms with Gasteiger partial charge in [0.2, 0.25) is 0 Å². The predicted octanol–water partition coefficient (Wildman–Crippen LogP) is 5.05. The van der Waals surface area contributed by atoms with Gasteiger partial charge in [0.25, 0.3) is 0 Å². The Balaban J connectivity index is 1.76. The van der Waals surface area contributed by atoms with Crippen molar-refractivity contribution in [3.63, 3.8) is 0 Å². The number of carbonyl (C=O) groups excluding carboxylic acids is 2. The van der Waals surface area contributed by atoms with Gasteiger partial charge in [-0.1, -0.05) is 27.7 Å². The molecule has 0 amide bonds. The van der Waals surface area contributed by atoms with Crippen LogP contribution in [0.3, 0.4) is 0 Å². The number of ketones is 2. The summed E-state index contributed by atoms with van der Waals surface area (Å²) < 4.78 is 0. The Labute approximate surface area is 136 Å². The van der Waals surface area contributed by atoms with Crippen LogP contribution < -0.4 is 0 Å². The molecule has 0 spiro atoms. The van der Waals surface area contributed by atoms with Crippen molar-refractivity contribution in [2.24, 2.45) is 35.5 Å². The number of carbonyl (C=O) groups is 2. The lowest BCUT2D eigenvalue weighted by atomic mass is 9.88. The van der Waals surface area contributed by atoms with E-state index in [9.17, 15) is 9.59 Å². The Morgan fingerprint density at radius 3 is 2.09 bits per heavy atom. The topological polar surface area (TPSA) is 34.1 Å². The molecule has 2 aliphatic rings. The quantitative estimate of drug-likeness (QED) is 0.659. The zero-order valence-electron chi connectivity index (χ0n) is 14.9. The van der Waals surface area contributed by atoms with Crippen LogP contribution in [-0.4, -0.2) is 11.6 Å². The van der Waals surface area contributed by atoms with E-state index in [1.165, 1.54) is 12.8 Å². The predicted molar refractivity (Wildman–Crippen MR) is 90.6 cm³/mol. The second-order valence-corrected chi connectivity index (χ2v) is 8.61. The molecule has 0 aromatic heterocycles. The van der Waals surface area contributed by atoms with Gasteiger partial charge >= 0.3 is 0 Å². The lowest BCUT2D eigenvalue weighted by Crippen LogP contribution is -2.19. The van der Waals surface area contributed by atoms with E-state index in [4.69, 9.17) is 0 Å². The fourth-order valence-electron chi connectivity index (χ4n) is 4.69. The highest BCUT2D eigenvalue weighted by Gasteiger charge is 2.35. The van der Waals surface area contributed by atoms with Crippen molar-refractivity contribution in [1.29, 1.82) is 0 Å². The summed E-state index contributed by atoms with van der Waals surface area (Å²) in [6.07, 6.45) is 8.54. The van der Waals surface area contributed by atoms with Crippen LogP contribution in [-0.2, 0) is 9.59 Å².